The van der Waals surface area contributed by atoms with E-state index in [4.69, 9.17) is 0 Å². The van der Waals surface area contributed by atoms with Gasteiger partial charge in [0.1, 0.15) is 6.04 Å². The van der Waals surface area contributed by atoms with E-state index >= 15 is 0 Å². The molecule has 2 amide bonds. The monoisotopic (exact) mass is 454 g/mol. The van der Waals surface area contributed by atoms with Gasteiger partial charge in [-0.25, -0.2) is 0 Å². The van der Waals surface area contributed by atoms with Crippen molar-refractivity contribution in [2.45, 2.75) is 59.3 Å². The summed E-state index contributed by atoms with van der Waals surface area (Å²) in [5.74, 6) is 1.51. The number of rotatable bonds is 12. The Morgan fingerprint density at radius 3 is 2.25 bits per heavy atom. The number of nitrogens with zero attached hydrogens (tertiary/aromatic N) is 1. The van der Waals surface area contributed by atoms with Crippen molar-refractivity contribution in [1.29, 1.82) is 0 Å². The van der Waals surface area contributed by atoms with Crippen LogP contribution in [0.2, 0.25) is 0 Å². The van der Waals surface area contributed by atoms with Crippen molar-refractivity contribution < 1.29 is 9.59 Å². The second-order valence-electron chi connectivity index (χ2n) is 8.87. The predicted octanol–water partition coefficient (Wildman–Crippen LogP) is 5.16. The molecule has 1 N–H and O–H groups in total. The molecule has 0 aliphatic heterocycles. The standard InChI is InChI=1S/C27H38N2O2S/c1-6-25(27(31)28-17-20(2)3)29(13-12-23-10-8-7-9-11-23)26(30)19-32-18-24-15-21(4)14-22(5)16-24/h7-11,14-16,20,25H,6,12-13,17-19H2,1-5H3,(H,28,31). The van der Waals surface area contributed by atoms with Crippen LogP contribution in [-0.4, -0.2) is 41.6 Å². The molecule has 1 atom stereocenters. The molecule has 0 aliphatic rings. The molecule has 5 heteroatoms. The van der Waals surface area contributed by atoms with Gasteiger partial charge in [-0.3, -0.25) is 9.59 Å². The summed E-state index contributed by atoms with van der Waals surface area (Å²) in [6.45, 7) is 11.5. The van der Waals surface area contributed by atoms with E-state index in [0.29, 0.717) is 31.2 Å². The van der Waals surface area contributed by atoms with E-state index in [2.05, 4.69) is 63.3 Å². The second kappa shape index (κ2) is 13.3. The highest BCUT2D eigenvalue weighted by Gasteiger charge is 2.28. The van der Waals surface area contributed by atoms with Crippen LogP contribution in [0.3, 0.4) is 0 Å². The molecule has 2 aromatic rings. The first kappa shape index (κ1) is 26.0. The van der Waals surface area contributed by atoms with Crippen LogP contribution in [-0.2, 0) is 21.8 Å². The van der Waals surface area contributed by atoms with Gasteiger partial charge in [0.2, 0.25) is 11.8 Å². The van der Waals surface area contributed by atoms with Crippen molar-refractivity contribution in [2.24, 2.45) is 5.92 Å². The Kier molecular flexibility index (Phi) is 10.8. The Bertz CT molecular complexity index is 847. The number of hydrogen-bond donors (Lipinski definition) is 1. The van der Waals surface area contributed by atoms with Gasteiger partial charge in [0.25, 0.3) is 0 Å². The van der Waals surface area contributed by atoms with Crippen LogP contribution in [0.25, 0.3) is 0 Å². The molecule has 0 spiro atoms. The number of benzene rings is 2. The number of nitrogens with one attached hydrogen (secondary N) is 1. The summed E-state index contributed by atoms with van der Waals surface area (Å²) in [5.41, 5.74) is 4.89. The first-order valence-corrected chi connectivity index (χ1v) is 12.7. The average Bonchev–Trinajstić information content (AvgIpc) is 2.75. The zero-order chi connectivity index (χ0) is 23.5. The first-order chi connectivity index (χ1) is 15.3. The molecule has 0 fully saturated rings. The van der Waals surface area contributed by atoms with E-state index in [1.807, 2.05) is 25.1 Å². The molecule has 0 radical (unpaired) electrons. The molecule has 0 saturated carbocycles. The van der Waals surface area contributed by atoms with Crippen molar-refractivity contribution in [3.8, 4) is 0 Å². The highest BCUT2D eigenvalue weighted by molar-refractivity contribution is 7.99. The molecule has 0 bridgehead atoms. The van der Waals surface area contributed by atoms with E-state index in [-0.39, 0.29) is 11.8 Å². The molecule has 0 aliphatic carbocycles. The van der Waals surface area contributed by atoms with Gasteiger partial charge in [0, 0.05) is 18.8 Å². The minimum Gasteiger partial charge on any atom is -0.354 e. The topological polar surface area (TPSA) is 49.4 Å². The van der Waals surface area contributed by atoms with Crippen molar-refractivity contribution in [2.75, 3.05) is 18.8 Å². The molecule has 0 heterocycles. The van der Waals surface area contributed by atoms with E-state index in [9.17, 15) is 9.59 Å². The summed E-state index contributed by atoms with van der Waals surface area (Å²) < 4.78 is 0. The third kappa shape index (κ3) is 8.70. The van der Waals surface area contributed by atoms with E-state index in [1.165, 1.54) is 22.3 Å². The van der Waals surface area contributed by atoms with E-state index < -0.39 is 6.04 Å². The molecule has 1 unspecified atom stereocenters. The van der Waals surface area contributed by atoms with E-state index in [1.54, 1.807) is 16.7 Å². The fourth-order valence-corrected chi connectivity index (χ4v) is 4.65. The summed E-state index contributed by atoms with van der Waals surface area (Å²) in [4.78, 5) is 27.9. The van der Waals surface area contributed by atoms with Crippen LogP contribution in [0.15, 0.2) is 48.5 Å². The fourth-order valence-electron chi connectivity index (χ4n) is 3.81. The molecule has 32 heavy (non-hydrogen) atoms. The lowest BCUT2D eigenvalue weighted by molar-refractivity contribution is -0.138. The summed E-state index contributed by atoms with van der Waals surface area (Å²) in [5, 5.41) is 3.02. The van der Waals surface area contributed by atoms with Crippen LogP contribution in [0.1, 0.15) is 49.4 Å². The Morgan fingerprint density at radius 2 is 1.66 bits per heavy atom. The zero-order valence-corrected chi connectivity index (χ0v) is 21.0. The molecule has 0 saturated heterocycles. The van der Waals surface area contributed by atoms with Gasteiger partial charge in [0.15, 0.2) is 0 Å². The quantitative estimate of drug-likeness (QED) is 0.482. The molecule has 2 aromatic carbocycles. The molecule has 4 nitrogen and oxygen atoms in total. The second-order valence-corrected chi connectivity index (χ2v) is 9.86. The normalized spacial score (nSPS) is 11.9. The van der Waals surface area contributed by atoms with E-state index in [0.717, 1.165) is 12.2 Å². The Balaban J connectivity index is 2.06. The number of carbonyl (C=O) groups excluding carboxylic acids is 2. The SMILES string of the molecule is CCC(C(=O)NCC(C)C)N(CCc1ccccc1)C(=O)CSCc1cc(C)cc(C)c1. The molecule has 2 rings (SSSR count). The lowest BCUT2D eigenvalue weighted by Gasteiger charge is -2.31. The van der Waals surface area contributed by atoms with Crippen LogP contribution in [0.5, 0.6) is 0 Å². The minimum absolute atomic E-state index is 0.0295. The van der Waals surface area contributed by atoms with Gasteiger partial charge in [-0.05, 0) is 43.7 Å². The van der Waals surface area contributed by atoms with Gasteiger partial charge in [0.05, 0.1) is 5.75 Å². The largest absolute Gasteiger partial charge is 0.354 e. The number of carbonyl (C=O) groups is 2. The smallest absolute Gasteiger partial charge is 0.242 e. The van der Waals surface area contributed by atoms with Crippen molar-refractivity contribution in [1.82, 2.24) is 10.2 Å². The van der Waals surface area contributed by atoms with Gasteiger partial charge >= 0.3 is 0 Å². The number of amides is 2. The predicted molar refractivity (Wildman–Crippen MR) is 136 cm³/mol. The van der Waals surface area contributed by atoms with Crippen LogP contribution in [0, 0.1) is 19.8 Å². The third-order valence-corrected chi connectivity index (χ3v) is 6.32. The van der Waals surface area contributed by atoms with Gasteiger partial charge in [-0.2, -0.15) is 0 Å². The van der Waals surface area contributed by atoms with Crippen molar-refractivity contribution in [3.63, 3.8) is 0 Å². The highest BCUT2D eigenvalue weighted by atomic mass is 32.2. The molecule has 0 aromatic heterocycles. The third-order valence-electron chi connectivity index (χ3n) is 5.33. The number of hydrogen-bond acceptors (Lipinski definition) is 3. The maximum Gasteiger partial charge on any atom is 0.242 e. The van der Waals surface area contributed by atoms with Gasteiger partial charge < -0.3 is 10.2 Å². The average molecular weight is 455 g/mol. The lowest BCUT2D eigenvalue weighted by atomic mass is 10.1. The Morgan fingerprint density at radius 1 is 1.00 bits per heavy atom. The highest BCUT2D eigenvalue weighted by Crippen LogP contribution is 2.18. The lowest BCUT2D eigenvalue weighted by Crippen LogP contribution is -2.51. The summed E-state index contributed by atoms with van der Waals surface area (Å²) in [7, 11) is 0. The molecular weight excluding hydrogens is 416 g/mol. The Labute approximate surface area is 198 Å². The summed E-state index contributed by atoms with van der Waals surface area (Å²) >= 11 is 1.62. The maximum absolute atomic E-state index is 13.3. The maximum atomic E-state index is 13.3. The minimum atomic E-state index is -0.438. The van der Waals surface area contributed by atoms with Crippen LogP contribution >= 0.6 is 11.8 Å². The van der Waals surface area contributed by atoms with Gasteiger partial charge in [-0.1, -0.05) is 80.4 Å². The van der Waals surface area contributed by atoms with Crippen LogP contribution < -0.4 is 5.32 Å². The zero-order valence-electron chi connectivity index (χ0n) is 20.2. The fraction of sp³-hybridized carbons (Fsp3) is 0.481. The van der Waals surface area contributed by atoms with Gasteiger partial charge in [-0.15, -0.1) is 11.8 Å². The van der Waals surface area contributed by atoms with Crippen LogP contribution in [0.4, 0.5) is 0 Å². The Hall–Kier alpha value is -2.27. The van der Waals surface area contributed by atoms with Crippen molar-refractivity contribution in [3.05, 3.63) is 70.8 Å². The summed E-state index contributed by atoms with van der Waals surface area (Å²) in [6, 6.07) is 16.2. The summed E-state index contributed by atoms with van der Waals surface area (Å²) in [6.07, 6.45) is 1.34. The van der Waals surface area contributed by atoms with Crippen molar-refractivity contribution >= 4 is 23.6 Å². The molecular formula is C27H38N2O2S. The molecule has 174 valence electrons. The first-order valence-electron chi connectivity index (χ1n) is 11.6. The number of thioether (sulfide) groups is 1. The number of aryl methyl sites for hydroxylation is 2.